The summed E-state index contributed by atoms with van der Waals surface area (Å²) in [6, 6.07) is 0. The second-order valence-corrected chi connectivity index (χ2v) is 6.73. The molecule has 3 nitrogen and oxygen atoms in total. The molecule has 0 radical (unpaired) electrons. The van der Waals surface area contributed by atoms with E-state index in [1.807, 2.05) is 0 Å². The second kappa shape index (κ2) is 4.37. The van der Waals surface area contributed by atoms with Gasteiger partial charge in [0.2, 0.25) is 0 Å². The molecule has 18 heavy (non-hydrogen) atoms. The van der Waals surface area contributed by atoms with Crippen LogP contribution in [0.5, 0.6) is 0 Å². The molecule has 2 saturated carbocycles. The van der Waals surface area contributed by atoms with Crippen LogP contribution in [0.4, 0.5) is 0 Å². The molecule has 0 aromatic rings. The predicted molar refractivity (Wildman–Crippen MR) is 75.7 cm³/mol. The van der Waals surface area contributed by atoms with Crippen molar-refractivity contribution >= 4 is 5.71 Å². The average molecular weight is 250 g/mol. The zero-order chi connectivity index (χ0) is 13.6. The third-order valence-electron chi connectivity index (χ3n) is 5.29. The summed E-state index contributed by atoms with van der Waals surface area (Å²) in [7, 11) is 4.28. The number of rotatable bonds is 4. The van der Waals surface area contributed by atoms with E-state index in [2.05, 4.69) is 51.5 Å². The number of hydrogen-bond donors (Lipinski definition) is 0. The molecular weight excluding hydrogens is 224 g/mol. The molecule has 3 atom stereocenters. The summed E-state index contributed by atoms with van der Waals surface area (Å²) in [4.78, 5) is 7.63. The predicted octanol–water partition coefficient (Wildman–Crippen LogP) is 2.93. The quantitative estimate of drug-likeness (QED) is 0.435. The van der Waals surface area contributed by atoms with Crippen LogP contribution in [0, 0.1) is 17.3 Å². The number of fused-ring (bicyclic) bond motifs is 1. The SMILES string of the molecule is C=CCON=C1C[C@H]2[C@@H](C[C@]1(C)N(C)C)C2(C)C. The molecule has 2 fully saturated rings. The number of oxime groups is 1. The summed E-state index contributed by atoms with van der Waals surface area (Å²) in [5.74, 6) is 1.62. The molecule has 102 valence electrons. The standard InChI is InChI=1S/C15H26N2O/c1-7-8-18-16-13-9-11-12(14(11,2)3)10-15(13,4)17(5)6/h7,11-12H,1,8-10H2,2-6H3/t11-,12+,15-/m0/s1. The zero-order valence-corrected chi connectivity index (χ0v) is 12.4. The Labute approximate surface area is 111 Å². The van der Waals surface area contributed by atoms with E-state index < -0.39 is 0 Å². The van der Waals surface area contributed by atoms with Crippen molar-refractivity contribution in [2.45, 2.75) is 39.2 Å². The lowest BCUT2D eigenvalue weighted by atomic mass is 9.80. The van der Waals surface area contributed by atoms with Gasteiger partial charge in [-0.25, -0.2) is 0 Å². The summed E-state index contributed by atoms with van der Waals surface area (Å²) in [5, 5.41) is 4.39. The van der Waals surface area contributed by atoms with Crippen molar-refractivity contribution in [3.05, 3.63) is 12.7 Å². The van der Waals surface area contributed by atoms with Crippen LogP contribution in [0.2, 0.25) is 0 Å². The first-order valence-corrected chi connectivity index (χ1v) is 6.81. The Morgan fingerprint density at radius 2 is 2.06 bits per heavy atom. The summed E-state index contributed by atoms with van der Waals surface area (Å²) in [6.45, 7) is 11.2. The van der Waals surface area contributed by atoms with Gasteiger partial charge in [0, 0.05) is 0 Å². The van der Waals surface area contributed by atoms with Crippen molar-refractivity contribution in [1.82, 2.24) is 4.90 Å². The normalized spacial score (nSPS) is 39.6. The van der Waals surface area contributed by atoms with Crippen LogP contribution in [0.1, 0.15) is 33.6 Å². The van der Waals surface area contributed by atoms with Gasteiger partial charge in [-0.05, 0) is 51.1 Å². The van der Waals surface area contributed by atoms with Crippen molar-refractivity contribution in [3.8, 4) is 0 Å². The van der Waals surface area contributed by atoms with Gasteiger partial charge in [-0.2, -0.15) is 0 Å². The first kappa shape index (κ1) is 13.6. The third-order valence-corrected chi connectivity index (χ3v) is 5.29. The number of hydrogen-bond acceptors (Lipinski definition) is 3. The lowest BCUT2D eigenvalue weighted by Gasteiger charge is -2.40. The Kier molecular flexibility index (Phi) is 3.30. The fraction of sp³-hybridized carbons (Fsp3) is 0.800. The zero-order valence-electron chi connectivity index (χ0n) is 12.4. The topological polar surface area (TPSA) is 24.8 Å². The van der Waals surface area contributed by atoms with Crippen molar-refractivity contribution < 1.29 is 4.84 Å². The molecule has 2 rings (SSSR count). The van der Waals surface area contributed by atoms with Crippen molar-refractivity contribution in [1.29, 1.82) is 0 Å². The van der Waals surface area contributed by atoms with E-state index in [0.29, 0.717) is 12.0 Å². The van der Waals surface area contributed by atoms with Crippen LogP contribution in [-0.4, -0.2) is 36.9 Å². The molecule has 0 saturated heterocycles. The molecular formula is C15H26N2O. The average Bonchev–Trinajstić information content (AvgIpc) is 2.80. The minimum atomic E-state index is 0.0378. The van der Waals surface area contributed by atoms with E-state index in [4.69, 9.17) is 4.84 Å². The highest BCUT2D eigenvalue weighted by Gasteiger charge is 2.63. The Hall–Kier alpha value is -0.830. The van der Waals surface area contributed by atoms with E-state index in [1.54, 1.807) is 6.08 Å². The minimum absolute atomic E-state index is 0.0378. The fourth-order valence-electron chi connectivity index (χ4n) is 3.39. The molecule has 0 aromatic heterocycles. The van der Waals surface area contributed by atoms with Gasteiger partial charge < -0.3 is 4.84 Å². The minimum Gasteiger partial charge on any atom is -0.392 e. The molecule has 0 spiro atoms. The van der Waals surface area contributed by atoms with Crippen LogP contribution in [-0.2, 0) is 4.84 Å². The lowest BCUT2D eigenvalue weighted by molar-refractivity contribution is 0.153. The maximum Gasteiger partial charge on any atom is 0.135 e. The van der Waals surface area contributed by atoms with E-state index in [1.165, 1.54) is 12.1 Å². The first-order valence-electron chi connectivity index (χ1n) is 6.81. The Bertz CT molecular complexity index is 373. The second-order valence-electron chi connectivity index (χ2n) is 6.73. The lowest BCUT2D eigenvalue weighted by Crippen LogP contribution is -2.51. The summed E-state index contributed by atoms with van der Waals surface area (Å²) >= 11 is 0. The van der Waals surface area contributed by atoms with Gasteiger partial charge in [0.25, 0.3) is 0 Å². The maximum atomic E-state index is 5.35. The van der Waals surface area contributed by atoms with Crippen LogP contribution >= 0.6 is 0 Å². The smallest absolute Gasteiger partial charge is 0.135 e. The van der Waals surface area contributed by atoms with Gasteiger partial charge in [-0.3, -0.25) is 4.90 Å². The van der Waals surface area contributed by atoms with E-state index in [0.717, 1.165) is 18.3 Å². The van der Waals surface area contributed by atoms with Gasteiger partial charge in [0.05, 0.1) is 11.3 Å². The highest BCUT2D eigenvalue weighted by atomic mass is 16.6. The highest BCUT2D eigenvalue weighted by molar-refractivity contribution is 5.94. The third kappa shape index (κ3) is 1.99. The van der Waals surface area contributed by atoms with Crippen molar-refractivity contribution in [3.63, 3.8) is 0 Å². The van der Waals surface area contributed by atoms with E-state index in [-0.39, 0.29) is 5.54 Å². The fourth-order valence-corrected chi connectivity index (χ4v) is 3.39. The van der Waals surface area contributed by atoms with Crippen molar-refractivity contribution in [2.75, 3.05) is 20.7 Å². The van der Waals surface area contributed by atoms with E-state index in [9.17, 15) is 0 Å². The monoisotopic (exact) mass is 250 g/mol. The summed E-state index contributed by atoms with van der Waals surface area (Å²) in [6.07, 6.45) is 4.00. The molecule has 0 aliphatic heterocycles. The Morgan fingerprint density at radius 3 is 2.61 bits per heavy atom. The largest absolute Gasteiger partial charge is 0.392 e. The first-order chi connectivity index (χ1) is 8.34. The molecule has 0 heterocycles. The molecule has 0 N–H and O–H groups in total. The van der Waals surface area contributed by atoms with Gasteiger partial charge in [-0.15, -0.1) is 0 Å². The van der Waals surface area contributed by atoms with Gasteiger partial charge in [0.15, 0.2) is 0 Å². The van der Waals surface area contributed by atoms with Gasteiger partial charge in [-0.1, -0.05) is 31.7 Å². The Morgan fingerprint density at radius 1 is 1.39 bits per heavy atom. The van der Waals surface area contributed by atoms with Crippen molar-refractivity contribution in [2.24, 2.45) is 22.4 Å². The van der Waals surface area contributed by atoms with Crippen LogP contribution < -0.4 is 0 Å². The van der Waals surface area contributed by atoms with Crippen LogP contribution in [0.3, 0.4) is 0 Å². The molecule has 2 aliphatic rings. The molecule has 3 heteroatoms. The maximum absolute atomic E-state index is 5.35. The highest BCUT2D eigenvalue weighted by Crippen LogP contribution is 2.66. The molecule has 0 unspecified atom stereocenters. The van der Waals surface area contributed by atoms with Gasteiger partial charge in [0.1, 0.15) is 6.61 Å². The Balaban J connectivity index is 2.19. The molecule has 0 amide bonds. The van der Waals surface area contributed by atoms with Gasteiger partial charge >= 0.3 is 0 Å². The summed E-state index contributed by atoms with van der Waals surface area (Å²) < 4.78 is 0. The van der Waals surface area contributed by atoms with Crippen LogP contribution in [0.15, 0.2) is 17.8 Å². The molecule has 2 aliphatic carbocycles. The summed E-state index contributed by atoms with van der Waals surface area (Å²) in [5.41, 5.74) is 1.71. The molecule has 0 bridgehead atoms. The van der Waals surface area contributed by atoms with E-state index >= 15 is 0 Å². The van der Waals surface area contributed by atoms with Crippen LogP contribution in [0.25, 0.3) is 0 Å². The number of nitrogens with zero attached hydrogens (tertiary/aromatic N) is 2. The molecule has 0 aromatic carbocycles.